The summed E-state index contributed by atoms with van der Waals surface area (Å²) in [5, 5.41) is 22.0. The summed E-state index contributed by atoms with van der Waals surface area (Å²) in [6.45, 7) is -0.107. The van der Waals surface area contributed by atoms with Gasteiger partial charge in [0.05, 0.1) is 17.7 Å². The van der Waals surface area contributed by atoms with Gasteiger partial charge in [0.15, 0.2) is 5.58 Å². The lowest BCUT2D eigenvalue weighted by molar-refractivity contribution is -0.137. The van der Waals surface area contributed by atoms with E-state index in [0.29, 0.717) is 32.4 Å². The number of benzene rings is 2. The highest BCUT2D eigenvalue weighted by Crippen LogP contribution is 2.31. The standard InChI is InChI=1S/C20H18F3N5O3S/c21-20(22,23)12-4-1-10(2-5-12)13(9-29)14(24)8-25-18-28-27-17(32-18)11-3-6-15-16(7-11)31-19(30)26-15/h1-7,13-14,29H,8-9,24H2,(H,25,28)(H,26,30)/t13-,14-/m0/s1. The smallest absolute Gasteiger partial charge is 0.408 e. The van der Waals surface area contributed by atoms with E-state index in [0.717, 1.165) is 12.1 Å². The summed E-state index contributed by atoms with van der Waals surface area (Å²) in [4.78, 5) is 13.9. The molecule has 2 aromatic heterocycles. The molecule has 0 radical (unpaired) electrons. The van der Waals surface area contributed by atoms with Crippen molar-refractivity contribution >= 4 is 27.6 Å². The van der Waals surface area contributed by atoms with Gasteiger partial charge in [-0.2, -0.15) is 13.2 Å². The number of alkyl halides is 3. The van der Waals surface area contributed by atoms with Crippen LogP contribution in [0.4, 0.5) is 18.3 Å². The minimum absolute atomic E-state index is 0.215. The number of nitrogens with two attached hydrogens (primary N) is 1. The number of anilines is 1. The van der Waals surface area contributed by atoms with Gasteiger partial charge in [0, 0.05) is 24.1 Å². The zero-order valence-electron chi connectivity index (χ0n) is 16.4. The molecule has 0 aliphatic heterocycles. The Morgan fingerprint density at radius 1 is 1.19 bits per heavy atom. The first-order valence-electron chi connectivity index (χ1n) is 9.49. The number of rotatable bonds is 7. The number of aromatic nitrogens is 3. The van der Waals surface area contributed by atoms with E-state index >= 15 is 0 Å². The molecule has 5 N–H and O–H groups in total. The predicted octanol–water partition coefficient (Wildman–Crippen LogP) is 3.17. The molecule has 4 rings (SSSR count). The van der Waals surface area contributed by atoms with E-state index in [4.69, 9.17) is 10.2 Å². The summed E-state index contributed by atoms with van der Waals surface area (Å²) in [5.41, 5.74) is 7.62. The summed E-state index contributed by atoms with van der Waals surface area (Å²) in [5.74, 6) is -1.10. The number of halogens is 3. The number of aliphatic hydroxyl groups is 1. The number of hydrogen-bond acceptors (Lipinski definition) is 8. The van der Waals surface area contributed by atoms with Crippen LogP contribution in [-0.2, 0) is 6.18 Å². The van der Waals surface area contributed by atoms with Gasteiger partial charge < -0.3 is 20.6 Å². The number of fused-ring (bicyclic) bond motifs is 1. The molecule has 0 unspecified atom stereocenters. The number of aliphatic hydroxyl groups excluding tert-OH is 1. The quantitative estimate of drug-likeness (QED) is 0.330. The zero-order chi connectivity index (χ0) is 22.9. The Morgan fingerprint density at radius 3 is 2.62 bits per heavy atom. The highest BCUT2D eigenvalue weighted by molar-refractivity contribution is 7.18. The number of nitrogens with one attached hydrogen (secondary N) is 2. The third-order valence-electron chi connectivity index (χ3n) is 4.96. The van der Waals surface area contributed by atoms with Crippen LogP contribution in [0.2, 0.25) is 0 Å². The summed E-state index contributed by atoms with van der Waals surface area (Å²) in [6.07, 6.45) is -4.43. The molecular formula is C20H18F3N5O3S. The van der Waals surface area contributed by atoms with Gasteiger partial charge in [-0.15, -0.1) is 10.2 Å². The topological polar surface area (TPSA) is 130 Å². The second kappa shape index (κ2) is 8.73. The molecule has 0 bridgehead atoms. The summed E-state index contributed by atoms with van der Waals surface area (Å²) in [6, 6.07) is 9.15. The van der Waals surface area contributed by atoms with Gasteiger partial charge in [0.1, 0.15) is 5.01 Å². The van der Waals surface area contributed by atoms with Crippen molar-refractivity contribution in [2.45, 2.75) is 18.1 Å². The monoisotopic (exact) mass is 465 g/mol. The van der Waals surface area contributed by atoms with Crippen molar-refractivity contribution < 1.29 is 22.7 Å². The van der Waals surface area contributed by atoms with Gasteiger partial charge in [0.25, 0.3) is 0 Å². The Kier molecular flexibility index (Phi) is 6.00. The molecule has 168 valence electrons. The molecule has 0 saturated heterocycles. The van der Waals surface area contributed by atoms with E-state index in [1.807, 2.05) is 0 Å². The normalized spacial score (nSPS) is 13.9. The van der Waals surface area contributed by atoms with Crippen LogP contribution in [0.25, 0.3) is 21.7 Å². The van der Waals surface area contributed by atoms with Crippen molar-refractivity contribution in [2.75, 3.05) is 18.5 Å². The Labute approximate surface area is 182 Å². The highest BCUT2D eigenvalue weighted by atomic mass is 32.1. The molecular weight excluding hydrogens is 447 g/mol. The minimum Gasteiger partial charge on any atom is -0.408 e. The Morgan fingerprint density at radius 2 is 1.94 bits per heavy atom. The first-order valence-corrected chi connectivity index (χ1v) is 10.3. The van der Waals surface area contributed by atoms with Crippen molar-refractivity contribution in [1.82, 2.24) is 15.2 Å². The number of aromatic amines is 1. The number of nitrogens with zero attached hydrogens (tertiary/aromatic N) is 2. The van der Waals surface area contributed by atoms with Gasteiger partial charge in [-0.3, -0.25) is 4.98 Å². The fourth-order valence-corrected chi connectivity index (χ4v) is 3.99. The molecule has 4 aromatic rings. The first kappa shape index (κ1) is 22.0. The Balaban J connectivity index is 1.42. The van der Waals surface area contributed by atoms with Gasteiger partial charge in [-0.25, -0.2) is 4.79 Å². The third kappa shape index (κ3) is 4.66. The number of H-pyrrole nitrogens is 1. The molecule has 0 amide bonds. The van der Waals surface area contributed by atoms with E-state index in [1.165, 1.54) is 23.5 Å². The van der Waals surface area contributed by atoms with Crippen molar-refractivity contribution in [1.29, 1.82) is 0 Å². The van der Waals surface area contributed by atoms with Gasteiger partial charge in [0.2, 0.25) is 5.13 Å². The molecule has 0 saturated carbocycles. The number of oxazole rings is 1. The molecule has 8 nitrogen and oxygen atoms in total. The fraction of sp³-hybridized carbons (Fsp3) is 0.250. The minimum atomic E-state index is -4.43. The van der Waals surface area contributed by atoms with Gasteiger partial charge >= 0.3 is 11.9 Å². The van der Waals surface area contributed by atoms with Crippen LogP contribution in [0.3, 0.4) is 0 Å². The molecule has 0 aliphatic rings. The largest absolute Gasteiger partial charge is 0.417 e. The van der Waals surface area contributed by atoms with Crippen molar-refractivity contribution in [3.63, 3.8) is 0 Å². The van der Waals surface area contributed by atoms with Crippen LogP contribution in [0.1, 0.15) is 17.0 Å². The van der Waals surface area contributed by atoms with Crippen molar-refractivity contribution in [3.8, 4) is 10.6 Å². The second-order valence-electron chi connectivity index (χ2n) is 7.09. The molecule has 32 heavy (non-hydrogen) atoms. The lowest BCUT2D eigenvalue weighted by atomic mass is 9.92. The van der Waals surface area contributed by atoms with Crippen LogP contribution in [0.15, 0.2) is 51.7 Å². The van der Waals surface area contributed by atoms with E-state index < -0.39 is 29.5 Å². The lowest BCUT2D eigenvalue weighted by Gasteiger charge is -2.23. The number of hydrogen-bond donors (Lipinski definition) is 4. The molecule has 0 aliphatic carbocycles. The molecule has 12 heteroatoms. The van der Waals surface area contributed by atoms with Crippen molar-refractivity contribution in [2.24, 2.45) is 5.73 Å². The van der Waals surface area contributed by atoms with E-state index in [-0.39, 0.29) is 13.2 Å². The summed E-state index contributed by atoms with van der Waals surface area (Å²) in [7, 11) is 0. The Hall–Kier alpha value is -3.22. The van der Waals surface area contributed by atoms with Crippen LogP contribution < -0.4 is 16.8 Å². The van der Waals surface area contributed by atoms with E-state index in [9.17, 15) is 23.1 Å². The maximum absolute atomic E-state index is 12.8. The van der Waals surface area contributed by atoms with Crippen LogP contribution >= 0.6 is 11.3 Å². The predicted molar refractivity (Wildman–Crippen MR) is 113 cm³/mol. The average molecular weight is 465 g/mol. The third-order valence-corrected chi connectivity index (χ3v) is 5.89. The molecule has 0 fully saturated rings. The maximum atomic E-state index is 12.8. The maximum Gasteiger partial charge on any atom is 0.417 e. The summed E-state index contributed by atoms with van der Waals surface area (Å²) >= 11 is 1.26. The molecule has 2 heterocycles. The van der Waals surface area contributed by atoms with Gasteiger partial charge in [-0.05, 0) is 35.9 Å². The average Bonchev–Trinajstić information content (AvgIpc) is 3.37. The zero-order valence-corrected chi connectivity index (χ0v) is 17.2. The summed E-state index contributed by atoms with van der Waals surface area (Å²) < 4.78 is 43.3. The van der Waals surface area contributed by atoms with E-state index in [2.05, 4.69) is 20.5 Å². The molecule has 2 atom stereocenters. The lowest BCUT2D eigenvalue weighted by Crippen LogP contribution is -2.37. The van der Waals surface area contributed by atoms with Crippen LogP contribution in [0, 0.1) is 0 Å². The Bertz CT molecular complexity index is 1270. The van der Waals surface area contributed by atoms with Gasteiger partial charge in [-0.1, -0.05) is 23.5 Å². The van der Waals surface area contributed by atoms with E-state index in [1.54, 1.807) is 18.2 Å². The van der Waals surface area contributed by atoms with Crippen LogP contribution in [0.5, 0.6) is 0 Å². The fourth-order valence-electron chi connectivity index (χ4n) is 3.24. The first-order chi connectivity index (χ1) is 15.2. The van der Waals surface area contributed by atoms with Crippen LogP contribution in [-0.4, -0.2) is 39.5 Å². The highest BCUT2D eigenvalue weighted by Gasteiger charge is 2.30. The van der Waals surface area contributed by atoms with Crippen molar-refractivity contribution in [3.05, 3.63) is 64.1 Å². The molecule has 2 aromatic carbocycles. The molecule has 0 spiro atoms. The SMILES string of the molecule is N[C@@H](CNc1nnc(-c2ccc3[nH]c(=O)oc3c2)s1)[C@@H](CO)c1ccc(C(F)(F)F)cc1. The second-order valence-corrected chi connectivity index (χ2v) is 8.07.